The smallest absolute Gasteiger partial charge is 0.227 e. The molecular weight excluding hydrogens is 322 g/mol. The number of pyridine rings is 1. The first kappa shape index (κ1) is 17.9. The number of rotatable bonds is 6. The van der Waals surface area contributed by atoms with Gasteiger partial charge in [0, 0.05) is 22.8 Å². The first-order valence-corrected chi connectivity index (χ1v) is 8.88. The second kappa shape index (κ2) is 7.95. The summed E-state index contributed by atoms with van der Waals surface area (Å²) in [6.45, 7) is 8.41. The minimum atomic E-state index is 0.578. The Hall–Kier alpha value is -2.95. The number of nitrogens with zero attached hydrogens (tertiary/aromatic N) is 3. The molecule has 134 valence electrons. The van der Waals surface area contributed by atoms with Crippen LogP contribution in [-0.4, -0.2) is 15.0 Å². The molecule has 2 heterocycles. The maximum Gasteiger partial charge on any atom is 0.227 e. The van der Waals surface area contributed by atoms with E-state index < -0.39 is 0 Å². The molecule has 5 heteroatoms. The molecule has 26 heavy (non-hydrogen) atoms. The van der Waals surface area contributed by atoms with Crippen molar-refractivity contribution in [2.75, 3.05) is 10.6 Å². The summed E-state index contributed by atoms with van der Waals surface area (Å²) in [4.78, 5) is 13.1. The Balaban J connectivity index is 1.64. The summed E-state index contributed by atoms with van der Waals surface area (Å²) in [5.74, 6) is 1.24. The van der Waals surface area contributed by atoms with Gasteiger partial charge >= 0.3 is 0 Å². The van der Waals surface area contributed by atoms with Crippen LogP contribution in [0.4, 0.5) is 23.0 Å². The molecule has 0 aliphatic carbocycles. The normalized spacial score (nSPS) is 10.8. The Morgan fingerprint density at radius 1 is 0.808 bits per heavy atom. The van der Waals surface area contributed by atoms with E-state index >= 15 is 0 Å². The van der Waals surface area contributed by atoms with Gasteiger partial charge in [0.15, 0.2) is 0 Å². The van der Waals surface area contributed by atoms with E-state index in [0.717, 1.165) is 34.9 Å². The quantitative estimate of drug-likeness (QED) is 0.644. The van der Waals surface area contributed by atoms with Gasteiger partial charge < -0.3 is 10.6 Å². The molecule has 3 rings (SSSR count). The van der Waals surface area contributed by atoms with Gasteiger partial charge in [-0.15, -0.1) is 0 Å². The van der Waals surface area contributed by atoms with Crippen molar-refractivity contribution >= 4 is 23.0 Å². The van der Waals surface area contributed by atoms with Crippen LogP contribution in [-0.2, 0) is 6.42 Å². The first-order valence-electron chi connectivity index (χ1n) is 8.88. The molecule has 0 amide bonds. The zero-order chi connectivity index (χ0) is 18.5. The van der Waals surface area contributed by atoms with Crippen LogP contribution in [0.15, 0.2) is 48.8 Å². The van der Waals surface area contributed by atoms with Gasteiger partial charge in [0.05, 0.1) is 18.1 Å². The molecule has 2 N–H and O–H groups in total. The van der Waals surface area contributed by atoms with Crippen molar-refractivity contribution in [2.45, 2.75) is 34.1 Å². The Labute approximate surface area is 154 Å². The van der Waals surface area contributed by atoms with Crippen LogP contribution < -0.4 is 10.6 Å². The topological polar surface area (TPSA) is 62.7 Å². The van der Waals surface area contributed by atoms with Crippen LogP contribution in [0.5, 0.6) is 0 Å². The van der Waals surface area contributed by atoms with Crippen LogP contribution >= 0.6 is 0 Å². The van der Waals surface area contributed by atoms with Gasteiger partial charge in [-0.1, -0.05) is 26.0 Å². The number of aromatic nitrogens is 3. The summed E-state index contributed by atoms with van der Waals surface area (Å²) in [7, 11) is 0. The fraction of sp³-hybridized carbons (Fsp3) is 0.286. The molecule has 0 bridgehead atoms. The van der Waals surface area contributed by atoms with E-state index in [1.54, 1.807) is 12.4 Å². The van der Waals surface area contributed by atoms with Gasteiger partial charge in [0.1, 0.15) is 0 Å². The summed E-state index contributed by atoms with van der Waals surface area (Å²) < 4.78 is 0. The molecule has 1 aromatic carbocycles. The maximum atomic E-state index is 4.39. The zero-order valence-corrected chi connectivity index (χ0v) is 15.7. The molecule has 0 saturated heterocycles. The third-order valence-corrected chi connectivity index (χ3v) is 3.88. The lowest BCUT2D eigenvalue weighted by atomic mass is 10.0. The molecule has 0 saturated carbocycles. The van der Waals surface area contributed by atoms with E-state index in [9.17, 15) is 0 Å². The Morgan fingerprint density at radius 3 is 2.00 bits per heavy atom. The van der Waals surface area contributed by atoms with Crippen molar-refractivity contribution in [1.82, 2.24) is 15.0 Å². The summed E-state index contributed by atoms with van der Waals surface area (Å²) >= 11 is 0. The van der Waals surface area contributed by atoms with Crippen molar-refractivity contribution in [3.63, 3.8) is 0 Å². The minimum absolute atomic E-state index is 0.578. The van der Waals surface area contributed by atoms with Crippen molar-refractivity contribution < 1.29 is 0 Å². The monoisotopic (exact) mass is 347 g/mol. The highest BCUT2D eigenvalue weighted by molar-refractivity contribution is 5.60. The summed E-state index contributed by atoms with van der Waals surface area (Å²) in [6.07, 6.45) is 4.63. The zero-order valence-electron chi connectivity index (χ0n) is 15.7. The maximum absolute atomic E-state index is 4.39. The van der Waals surface area contributed by atoms with Crippen molar-refractivity contribution in [3.8, 4) is 0 Å². The van der Waals surface area contributed by atoms with E-state index in [0.29, 0.717) is 11.9 Å². The third kappa shape index (κ3) is 5.02. The highest BCUT2D eigenvalue weighted by atomic mass is 15.1. The number of aryl methyl sites for hydroxylation is 2. The molecule has 2 aromatic heterocycles. The van der Waals surface area contributed by atoms with E-state index in [1.807, 2.05) is 26.0 Å². The van der Waals surface area contributed by atoms with Gasteiger partial charge in [-0.3, -0.25) is 4.98 Å². The van der Waals surface area contributed by atoms with Crippen LogP contribution in [0.3, 0.4) is 0 Å². The van der Waals surface area contributed by atoms with Crippen molar-refractivity contribution in [3.05, 3.63) is 65.7 Å². The Bertz CT molecular complexity index is 834. The van der Waals surface area contributed by atoms with Crippen molar-refractivity contribution in [2.24, 2.45) is 5.92 Å². The lowest BCUT2D eigenvalue weighted by Crippen LogP contribution is -2.00. The summed E-state index contributed by atoms with van der Waals surface area (Å²) in [5.41, 5.74) is 6.11. The molecule has 0 aliphatic heterocycles. The Kier molecular flexibility index (Phi) is 5.46. The first-order chi connectivity index (χ1) is 12.5. The molecule has 0 spiro atoms. The van der Waals surface area contributed by atoms with Crippen LogP contribution in [0.2, 0.25) is 0 Å². The predicted octanol–water partition coefficient (Wildman–Crippen LogP) is 5.17. The third-order valence-electron chi connectivity index (χ3n) is 3.88. The lowest BCUT2D eigenvalue weighted by Gasteiger charge is -2.10. The number of nitrogens with one attached hydrogen (secondary N) is 2. The number of benzene rings is 1. The van der Waals surface area contributed by atoms with E-state index in [1.165, 1.54) is 5.56 Å². The minimum Gasteiger partial charge on any atom is -0.353 e. The van der Waals surface area contributed by atoms with Gasteiger partial charge in [-0.25, -0.2) is 9.97 Å². The molecule has 0 atom stereocenters. The average Bonchev–Trinajstić information content (AvgIpc) is 2.57. The standard InChI is InChI=1S/C21H25N5/c1-14(2)9-17-5-7-18(8-6-17)26-21-22-12-20(13-23-21)25-19-10-15(3)24-16(4)11-19/h5-8,10-14H,9H2,1-4H3,(H,24,25)(H,22,23,26). The second-order valence-electron chi connectivity index (χ2n) is 6.98. The summed E-state index contributed by atoms with van der Waals surface area (Å²) in [6, 6.07) is 12.4. The highest BCUT2D eigenvalue weighted by Crippen LogP contribution is 2.19. The molecule has 5 nitrogen and oxygen atoms in total. The molecule has 0 unspecified atom stereocenters. The SMILES string of the molecule is Cc1cc(Nc2cnc(Nc3ccc(CC(C)C)cc3)nc2)cc(C)n1. The van der Waals surface area contributed by atoms with E-state index in [-0.39, 0.29) is 0 Å². The van der Waals surface area contributed by atoms with Crippen LogP contribution in [0, 0.1) is 19.8 Å². The molecule has 3 aromatic rings. The van der Waals surface area contributed by atoms with Gasteiger partial charge in [0.2, 0.25) is 5.95 Å². The van der Waals surface area contributed by atoms with Gasteiger partial charge in [0.25, 0.3) is 0 Å². The Morgan fingerprint density at radius 2 is 1.42 bits per heavy atom. The molecular formula is C21H25N5. The average molecular weight is 347 g/mol. The fourth-order valence-corrected chi connectivity index (χ4v) is 2.86. The van der Waals surface area contributed by atoms with E-state index in [4.69, 9.17) is 0 Å². The van der Waals surface area contributed by atoms with Crippen LogP contribution in [0.25, 0.3) is 0 Å². The van der Waals surface area contributed by atoms with Crippen molar-refractivity contribution in [1.29, 1.82) is 0 Å². The van der Waals surface area contributed by atoms with Gasteiger partial charge in [-0.05, 0) is 56.0 Å². The lowest BCUT2D eigenvalue weighted by molar-refractivity contribution is 0.647. The fourth-order valence-electron chi connectivity index (χ4n) is 2.86. The highest BCUT2D eigenvalue weighted by Gasteiger charge is 2.02. The number of hydrogen-bond donors (Lipinski definition) is 2. The second-order valence-corrected chi connectivity index (χ2v) is 6.98. The van der Waals surface area contributed by atoms with Gasteiger partial charge in [-0.2, -0.15) is 0 Å². The number of hydrogen-bond acceptors (Lipinski definition) is 5. The van der Waals surface area contributed by atoms with E-state index in [2.05, 4.69) is 63.7 Å². The molecule has 0 fully saturated rings. The predicted molar refractivity (Wildman–Crippen MR) is 107 cm³/mol. The van der Waals surface area contributed by atoms with Crippen LogP contribution in [0.1, 0.15) is 30.8 Å². The number of anilines is 4. The largest absolute Gasteiger partial charge is 0.353 e. The summed E-state index contributed by atoms with van der Waals surface area (Å²) in [5, 5.41) is 6.54. The molecule has 0 radical (unpaired) electrons. The molecule has 0 aliphatic rings.